The highest BCUT2D eigenvalue weighted by Crippen LogP contribution is 2.24. The maximum atomic E-state index is 4.36. The number of nitrogens with zero attached hydrogens (tertiary/aromatic N) is 2. The van der Waals surface area contributed by atoms with E-state index in [1.807, 2.05) is 42.7 Å². The normalized spacial score (nSPS) is 14.8. The second-order valence-electron chi connectivity index (χ2n) is 4.08. The second kappa shape index (κ2) is 3.93. The molecule has 0 radical (unpaired) electrons. The van der Waals surface area contributed by atoms with E-state index in [9.17, 15) is 0 Å². The Morgan fingerprint density at radius 2 is 1.69 bits per heavy atom. The van der Waals surface area contributed by atoms with Gasteiger partial charge in [-0.15, -0.1) is 0 Å². The molecular weight excluding hydrogens is 198 g/mol. The number of hydrogen-bond acceptors (Lipinski definition) is 3. The number of hydrogen-bond donors (Lipinski definition) is 1. The van der Waals surface area contributed by atoms with Gasteiger partial charge in [0.15, 0.2) is 5.82 Å². The molecule has 1 heterocycles. The van der Waals surface area contributed by atoms with Gasteiger partial charge in [-0.2, -0.15) is 0 Å². The summed E-state index contributed by atoms with van der Waals surface area (Å²) in [7, 11) is 0. The quantitative estimate of drug-likeness (QED) is 0.848. The number of anilines is 1. The summed E-state index contributed by atoms with van der Waals surface area (Å²) in [6.45, 7) is 0. The first-order chi connectivity index (χ1) is 7.92. The van der Waals surface area contributed by atoms with Crippen LogP contribution in [0, 0.1) is 0 Å². The minimum Gasteiger partial charge on any atom is -0.380 e. The lowest BCUT2D eigenvalue weighted by atomic mass is 10.2. The topological polar surface area (TPSA) is 37.8 Å². The van der Waals surface area contributed by atoms with E-state index in [4.69, 9.17) is 0 Å². The van der Waals surface area contributed by atoms with Crippen molar-refractivity contribution in [3.63, 3.8) is 0 Å². The first-order valence-corrected chi connectivity index (χ1v) is 5.56. The molecule has 80 valence electrons. The third kappa shape index (κ3) is 2.03. The second-order valence-corrected chi connectivity index (χ2v) is 4.08. The molecule has 1 aromatic carbocycles. The van der Waals surface area contributed by atoms with Crippen LogP contribution in [0.3, 0.4) is 0 Å². The van der Waals surface area contributed by atoms with Gasteiger partial charge in [-0.05, 0) is 12.8 Å². The zero-order valence-corrected chi connectivity index (χ0v) is 8.93. The molecule has 0 unspecified atom stereocenters. The molecule has 3 heteroatoms. The van der Waals surface area contributed by atoms with Crippen LogP contribution in [0.2, 0.25) is 0 Å². The largest absolute Gasteiger partial charge is 0.380 e. The fourth-order valence-corrected chi connectivity index (χ4v) is 1.60. The minimum atomic E-state index is 0.645. The molecule has 0 bridgehead atoms. The molecule has 0 amide bonds. The zero-order valence-electron chi connectivity index (χ0n) is 8.93. The first-order valence-electron chi connectivity index (χ1n) is 5.56. The molecule has 0 spiro atoms. The van der Waals surface area contributed by atoms with Gasteiger partial charge in [0.25, 0.3) is 0 Å². The van der Waals surface area contributed by atoms with E-state index < -0.39 is 0 Å². The van der Waals surface area contributed by atoms with Crippen LogP contribution in [0.15, 0.2) is 42.7 Å². The Bertz CT molecular complexity index is 460. The van der Waals surface area contributed by atoms with Crippen molar-refractivity contribution in [2.24, 2.45) is 0 Å². The van der Waals surface area contributed by atoms with E-state index in [1.54, 1.807) is 0 Å². The Balaban J connectivity index is 1.81. The van der Waals surface area contributed by atoms with Gasteiger partial charge in [-0.3, -0.25) is 0 Å². The lowest BCUT2D eigenvalue weighted by Gasteiger charge is -2.04. The molecule has 16 heavy (non-hydrogen) atoms. The van der Waals surface area contributed by atoms with Crippen molar-refractivity contribution in [3.05, 3.63) is 42.7 Å². The minimum absolute atomic E-state index is 0.645. The van der Waals surface area contributed by atoms with Gasteiger partial charge in [-0.25, -0.2) is 9.97 Å². The summed E-state index contributed by atoms with van der Waals surface area (Å²) in [6, 6.07) is 10.7. The number of rotatable bonds is 3. The van der Waals surface area contributed by atoms with Gasteiger partial charge in [0.2, 0.25) is 0 Å². The van der Waals surface area contributed by atoms with Gasteiger partial charge in [0.1, 0.15) is 0 Å². The predicted octanol–water partition coefficient (Wildman–Crippen LogP) is 2.72. The Labute approximate surface area is 94.6 Å². The van der Waals surface area contributed by atoms with Crippen molar-refractivity contribution in [1.82, 2.24) is 9.97 Å². The molecule has 3 rings (SSSR count). The summed E-state index contributed by atoms with van der Waals surface area (Å²) in [4.78, 5) is 8.71. The maximum absolute atomic E-state index is 4.36. The van der Waals surface area contributed by atoms with Crippen molar-refractivity contribution in [3.8, 4) is 11.4 Å². The Morgan fingerprint density at radius 3 is 2.31 bits per heavy atom. The van der Waals surface area contributed by atoms with Crippen LogP contribution in [-0.2, 0) is 0 Å². The van der Waals surface area contributed by atoms with Crippen molar-refractivity contribution in [2.75, 3.05) is 5.32 Å². The van der Waals surface area contributed by atoms with Crippen molar-refractivity contribution < 1.29 is 0 Å². The molecule has 1 aliphatic rings. The van der Waals surface area contributed by atoms with Crippen molar-refractivity contribution in [1.29, 1.82) is 0 Å². The molecule has 1 fully saturated rings. The summed E-state index contributed by atoms with van der Waals surface area (Å²) in [5.41, 5.74) is 2.07. The Morgan fingerprint density at radius 1 is 1.00 bits per heavy atom. The van der Waals surface area contributed by atoms with Gasteiger partial charge in [0.05, 0.1) is 18.1 Å². The summed E-state index contributed by atoms with van der Waals surface area (Å²) in [5.74, 6) is 0.780. The molecule has 0 atom stereocenters. The Hall–Kier alpha value is -1.90. The van der Waals surface area contributed by atoms with Crippen LogP contribution in [0.25, 0.3) is 11.4 Å². The summed E-state index contributed by atoms with van der Waals surface area (Å²) in [5, 5.41) is 3.37. The standard InChI is InChI=1S/C13H13N3/c1-2-4-10(5-3-1)13-14-8-12(9-15-13)16-11-6-7-11/h1-5,8-9,11,16H,6-7H2. The predicted molar refractivity (Wildman–Crippen MR) is 64.1 cm³/mol. The molecule has 1 N–H and O–H groups in total. The van der Waals surface area contributed by atoms with Crippen LogP contribution in [0.4, 0.5) is 5.69 Å². The van der Waals surface area contributed by atoms with Gasteiger partial charge >= 0.3 is 0 Å². The van der Waals surface area contributed by atoms with Crippen LogP contribution in [-0.4, -0.2) is 16.0 Å². The fraction of sp³-hybridized carbons (Fsp3) is 0.231. The van der Waals surface area contributed by atoms with E-state index >= 15 is 0 Å². The maximum Gasteiger partial charge on any atom is 0.159 e. The van der Waals surface area contributed by atoms with E-state index in [2.05, 4.69) is 15.3 Å². The Kier molecular flexibility index (Phi) is 2.29. The number of benzene rings is 1. The van der Waals surface area contributed by atoms with Crippen LogP contribution in [0.1, 0.15) is 12.8 Å². The molecule has 1 aliphatic carbocycles. The summed E-state index contributed by atoms with van der Waals surface area (Å²) in [6.07, 6.45) is 6.24. The molecule has 1 aromatic heterocycles. The molecule has 1 saturated carbocycles. The third-order valence-corrected chi connectivity index (χ3v) is 2.63. The van der Waals surface area contributed by atoms with Crippen LogP contribution in [0.5, 0.6) is 0 Å². The summed E-state index contributed by atoms with van der Waals surface area (Å²) >= 11 is 0. The number of nitrogens with one attached hydrogen (secondary N) is 1. The highest BCUT2D eigenvalue weighted by atomic mass is 15.0. The average Bonchev–Trinajstić information content (AvgIpc) is 3.15. The van der Waals surface area contributed by atoms with Crippen molar-refractivity contribution >= 4 is 5.69 Å². The molecule has 2 aromatic rings. The van der Waals surface area contributed by atoms with Gasteiger partial charge in [0, 0.05) is 11.6 Å². The van der Waals surface area contributed by atoms with Crippen LogP contribution >= 0.6 is 0 Å². The molecular formula is C13H13N3. The van der Waals surface area contributed by atoms with E-state index in [1.165, 1.54) is 12.8 Å². The van der Waals surface area contributed by atoms with Crippen LogP contribution < -0.4 is 5.32 Å². The highest BCUT2D eigenvalue weighted by Gasteiger charge is 2.20. The third-order valence-electron chi connectivity index (χ3n) is 2.63. The van der Waals surface area contributed by atoms with E-state index in [0.29, 0.717) is 6.04 Å². The SMILES string of the molecule is c1ccc(-c2ncc(NC3CC3)cn2)cc1. The molecule has 3 nitrogen and oxygen atoms in total. The lowest BCUT2D eigenvalue weighted by Crippen LogP contribution is -2.02. The molecule has 0 saturated heterocycles. The van der Waals surface area contributed by atoms with Gasteiger partial charge < -0.3 is 5.32 Å². The zero-order chi connectivity index (χ0) is 10.8. The number of aromatic nitrogens is 2. The van der Waals surface area contributed by atoms with Gasteiger partial charge in [-0.1, -0.05) is 30.3 Å². The van der Waals surface area contributed by atoms with E-state index in [0.717, 1.165) is 17.1 Å². The smallest absolute Gasteiger partial charge is 0.159 e. The lowest BCUT2D eigenvalue weighted by molar-refractivity contribution is 1.11. The summed E-state index contributed by atoms with van der Waals surface area (Å²) < 4.78 is 0. The van der Waals surface area contributed by atoms with Crippen molar-refractivity contribution in [2.45, 2.75) is 18.9 Å². The van der Waals surface area contributed by atoms with E-state index in [-0.39, 0.29) is 0 Å². The monoisotopic (exact) mass is 211 g/mol. The average molecular weight is 211 g/mol. The first kappa shape index (κ1) is 9.33. The molecule has 0 aliphatic heterocycles. The highest BCUT2D eigenvalue weighted by molar-refractivity contribution is 5.55. The fourth-order valence-electron chi connectivity index (χ4n) is 1.60.